The summed E-state index contributed by atoms with van der Waals surface area (Å²) in [6.07, 6.45) is -2.67. The molecule has 0 aliphatic heterocycles. The zero-order chi connectivity index (χ0) is 19.8. The number of hydrogen-bond acceptors (Lipinski definition) is 8. The number of hydrogen-bond donors (Lipinski definition) is 1. The van der Waals surface area contributed by atoms with Gasteiger partial charge < -0.3 is 19.1 Å². The zero-order valence-electron chi connectivity index (χ0n) is 15.0. The number of carbonyl (C=O) groups is 2. The minimum atomic E-state index is -1.57. The van der Waals surface area contributed by atoms with E-state index in [4.69, 9.17) is 14.0 Å². The first-order valence-corrected chi connectivity index (χ1v) is 8.78. The lowest BCUT2D eigenvalue weighted by Crippen LogP contribution is -2.40. The molecule has 0 atom stereocenters. The Labute approximate surface area is 158 Å². The lowest BCUT2D eigenvalue weighted by atomic mass is 10.2. The normalized spacial score (nSPS) is 11.4. The molecule has 10 heteroatoms. The Kier molecular flexibility index (Phi) is 4.75. The van der Waals surface area contributed by atoms with E-state index in [1.54, 1.807) is 26.8 Å². The maximum atomic E-state index is 12.4. The number of thiophene rings is 1. The molecular formula is C17H17N3O6S. The van der Waals surface area contributed by atoms with Gasteiger partial charge in [0.05, 0.1) is 12.8 Å². The second kappa shape index (κ2) is 6.88. The van der Waals surface area contributed by atoms with E-state index in [0.29, 0.717) is 10.6 Å². The van der Waals surface area contributed by atoms with Crippen LogP contribution >= 0.6 is 11.3 Å². The van der Waals surface area contributed by atoms with Gasteiger partial charge in [0.2, 0.25) is 5.82 Å². The highest BCUT2D eigenvalue weighted by Crippen LogP contribution is 2.37. The van der Waals surface area contributed by atoms with Gasteiger partial charge in [-0.15, -0.1) is 0 Å². The van der Waals surface area contributed by atoms with Crippen LogP contribution in [0.5, 0.6) is 5.75 Å². The Hall–Kier alpha value is -3.14. The van der Waals surface area contributed by atoms with Gasteiger partial charge >= 0.3 is 12.2 Å². The fourth-order valence-electron chi connectivity index (χ4n) is 2.34. The van der Waals surface area contributed by atoms with Crippen LogP contribution in [0.4, 0.5) is 15.4 Å². The predicted octanol–water partition coefficient (Wildman–Crippen LogP) is 4.38. The third kappa shape index (κ3) is 3.70. The maximum absolute atomic E-state index is 12.4. The second-order valence-electron chi connectivity index (χ2n) is 6.51. The number of methoxy groups -OCH3 is 1. The Balaban J connectivity index is 2.13. The number of imide groups is 1. The third-order valence-corrected chi connectivity index (χ3v) is 4.09. The molecule has 0 aliphatic rings. The number of rotatable bonds is 3. The van der Waals surface area contributed by atoms with Crippen LogP contribution in [0.15, 0.2) is 27.4 Å². The highest BCUT2D eigenvalue weighted by molar-refractivity contribution is 7.08. The monoisotopic (exact) mass is 391 g/mol. The van der Waals surface area contributed by atoms with Gasteiger partial charge in [-0.3, -0.25) is 0 Å². The van der Waals surface area contributed by atoms with Gasteiger partial charge in [-0.2, -0.15) is 16.2 Å². The molecule has 3 aromatic rings. The SMILES string of the molecule is COc1cc(-c2ccsc2)nc2onc(N(C(=O)O)C(=O)OC(C)(C)C)c12. The van der Waals surface area contributed by atoms with E-state index in [1.165, 1.54) is 18.4 Å². The smallest absolute Gasteiger partial charge is 0.425 e. The average molecular weight is 391 g/mol. The predicted molar refractivity (Wildman–Crippen MR) is 98.4 cm³/mol. The summed E-state index contributed by atoms with van der Waals surface area (Å²) in [6, 6.07) is 3.50. The largest absolute Gasteiger partial charge is 0.496 e. The lowest BCUT2D eigenvalue weighted by molar-refractivity contribution is 0.0580. The molecule has 0 aliphatic carbocycles. The first-order valence-electron chi connectivity index (χ1n) is 7.84. The number of nitrogens with zero attached hydrogens (tertiary/aromatic N) is 3. The van der Waals surface area contributed by atoms with Crippen molar-refractivity contribution in [2.75, 3.05) is 12.0 Å². The van der Waals surface area contributed by atoms with E-state index in [1.807, 2.05) is 16.8 Å². The van der Waals surface area contributed by atoms with Crippen LogP contribution in [0.1, 0.15) is 20.8 Å². The summed E-state index contributed by atoms with van der Waals surface area (Å²) in [7, 11) is 1.42. The number of fused-ring (bicyclic) bond motifs is 1. The Morgan fingerprint density at radius 3 is 2.63 bits per heavy atom. The summed E-state index contributed by atoms with van der Waals surface area (Å²) in [5, 5.41) is 17.2. The first-order chi connectivity index (χ1) is 12.7. The molecule has 0 aromatic carbocycles. The maximum Gasteiger partial charge on any atom is 0.425 e. The van der Waals surface area contributed by atoms with Crippen molar-refractivity contribution in [1.82, 2.24) is 10.1 Å². The minimum absolute atomic E-state index is 0.0420. The molecule has 0 saturated carbocycles. The fourth-order valence-corrected chi connectivity index (χ4v) is 2.99. The van der Waals surface area contributed by atoms with Gasteiger partial charge in [0.25, 0.3) is 5.71 Å². The quantitative estimate of drug-likeness (QED) is 0.699. The standard InChI is InChI=1S/C17H17N3O6S/c1-17(2,3)25-16(23)20(15(21)22)13-12-11(24-4)7-10(9-5-6-27-8-9)18-14(12)26-19-13/h5-8H,1-4H3,(H,21,22). The van der Waals surface area contributed by atoms with E-state index < -0.39 is 17.8 Å². The lowest BCUT2D eigenvalue weighted by Gasteiger charge is -2.23. The van der Waals surface area contributed by atoms with Crippen molar-refractivity contribution in [3.8, 4) is 17.0 Å². The molecule has 27 heavy (non-hydrogen) atoms. The van der Waals surface area contributed by atoms with Gasteiger partial charge in [0, 0.05) is 17.0 Å². The van der Waals surface area contributed by atoms with Gasteiger partial charge in [0.15, 0.2) is 0 Å². The molecule has 3 rings (SSSR count). The number of carbonyl (C=O) groups excluding carboxylic acids is 1. The van der Waals surface area contributed by atoms with Crippen LogP contribution in [-0.4, -0.2) is 40.1 Å². The molecule has 3 heterocycles. The number of aromatic nitrogens is 2. The molecule has 0 saturated heterocycles. The Morgan fingerprint density at radius 2 is 2.07 bits per heavy atom. The molecule has 9 nitrogen and oxygen atoms in total. The first kappa shape index (κ1) is 18.6. The molecule has 0 spiro atoms. The van der Waals surface area contributed by atoms with Gasteiger partial charge in [-0.1, -0.05) is 5.16 Å². The molecule has 0 radical (unpaired) electrons. The van der Waals surface area contributed by atoms with Crippen molar-refractivity contribution in [3.63, 3.8) is 0 Å². The van der Waals surface area contributed by atoms with Crippen molar-refractivity contribution >= 4 is 40.4 Å². The molecule has 2 amide bonds. The Bertz CT molecular complexity index is 990. The summed E-state index contributed by atoms with van der Waals surface area (Å²) in [5.74, 6) is 0.000210. The summed E-state index contributed by atoms with van der Waals surface area (Å²) < 4.78 is 15.7. The molecule has 3 aromatic heterocycles. The highest BCUT2D eigenvalue weighted by Gasteiger charge is 2.34. The molecule has 0 fully saturated rings. The molecule has 0 bridgehead atoms. The zero-order valence-corrected chi connectivity index (χ0v) is 15.9. The van der Waals surface area contributed by atoms with Crippen molar-refractivity contribution in [2.45, 2.75) is 26.4 Å². The highest BCUT2D eigenvalue weighted by atomic mass is 32.1. The van der Waals surface area contributed by atoms with Crippen molar-refractivity contribution in [2.24, 2.45) is 0 Å². The van der Waals surface area contributed by atoms with Crippen LogP contribution in [-0.2, 0) is 4.74 Å². The van der Waals surface area contributed by atoms with Crippen LogP contribution in [0, 0.1) is 0 Å². The van der Waals surface area contributed by atoms with Crippen LogP contribution < -0.4 is 9.64 Å². The minimum Gasteiger partial charge on any atom is -0.496 e. The summed E-state index contributed by atoms with van der Waals surface area (Å²) in [6.45, 7) is 4.88. The van der Waals surface area contributed by atoms with Crippen molar-refractivity contribution in [1.29, 1.82) is 0 Å². The van der Waals surface area contributed by atoms with Crippen LogP contribution in [0.2, 0.25) is 0 Å². The topological polar surface area (TPSA) is 115 Å². The van der Waals surface area contributed by atoms with Crippen LogP contribution in [0.3, 0.4) is 0 Å². The molecule has 1 N–H and O–H groups in total. The molecular weight excluding hydrogens is 374 g/mol. The number of carboxylic acid groups (broad SMARTS) is 1. The fraction of sp³-hybridized carbons (Fsp3) is 0.294. The van der Waals surface area contributed by atoms with E-state index >= 15 is 0 Å². The molecule has 0 unspecified atom stereocenters. The Morgan fingerprint density at radius 1 is 1.33 bits per heavy atom. The number of pyridine rings is 1. The summed E-state index contributed by atoms with van der Waals surface area (Å²) >= 11 is 1.50. The number of ether oxygens (including phenoxy) is 2. The van der Waals surface area contributed by atoms with Crippen molar-refractivity contribution in [3.05, 3.63) is 22.9 Å². The van der Waals surface area contributed by atoms with Crippen LogP contribution in [0.25, 0.3) is 22.4 Å². The van der Waals surface area contributed by atoms with E-state index in [9.17, 15) is 14.7 Å². The second-order valence-corrected chi connectivity index (χ2v) is 7.29. The average Bonchev–Trinajstić information content (AvgIpc) is 3.22. The number of amides is 2. The van der Waals surface area contributed by atoms with Gasteiger partial charge in [-0.05, 0) is 32.2 Å². The van der Waals surface area contributed by atoms with E-state index in [2.05, 4.69) is 10.1 Å². The van der Waals surface area contributed by atoms with Crippen molar-refractivity contribution < 1.29 is 28.7 Å². The number of anilines is 1. The third-order valence-electron chi connectivity index (χ3n) is 3.41. The summed E-state index contributed by atoms with van der Waals surface area (Å²) in [4.78, 5) is 28.8. The van der Waals surface area contributed by atoms with Gasteiger partial charge in [0.1, 0.15) is 16.7 Å². The molecule has 142 valence electrons. The van der Waals surface area contributed by atoms with E-state index in [0.717, 1.165) is 5.56 Å². The van der Waals surface area contributed by atoms with Gasteiger partial charge in [-0.25, -0.2) is 14.6 Å². The van der Waals surface area contributed by atoms with E-state index in [-0.39, 0.29) is 22.7 Å². The summed E-state index contributed by atoms with van der Waals surface area (Å²) in [5.41, 5.74) is 0.571.